The molecule has 1 N–H and O–H groups in total. The van der Waals surface area contributed by atoms with Gasteiger partial charge in [0, 0.05) is 4.88 Å². The van der Waals surface area contributed by atoms with Gasteiger partial charge in [-0.05, 0) is 6.92 Å². The van der Waals surface area contributed by atoms with Crippen LogP contribution in [0.1, 0.15) is 24.4 Å². The van der Waals surface area contributed by atoms with Crippen molar-refractivity contribution in [3.05, 3.63) is 16.1 Å². The molecular weight excluding hydrogens is 146 g/mol. The maximum absolute atomic E-state index is 8.55. The van der Waals surface area contributed by atoms with Crippen molar-refractivity contribution in [2.45, 2.75) is 27.4 Å². The highest BCUT2D eigenvalue weighted by Crippen LogP contribution is 2.09. The molecule has 58 valence electrons. The number of aromatic nitrogens is 1. The second-order valence-corrected chi connectivity index (χ2v) is 2.57. The molecule has 3 heteroatoms. The molecule has 0 bridgehead atoms. The lowest BCUT2D eigenvalue weighted by Crippen LogP contribution is -1.82. The van der Waals surface area contributed by atoms with Crippen molar-refractivity contribution in [2.75, 3.05) is 0 Å². The van der Waals surface area contributed by atoms with Crippen LogP contribution >= 0.6 is 11.3 Å². The third-order valence-corrected chi connectivity index (χ3v) is 1.79. The van der Waals surface area contributed by atoms with Crippen molar-refractivity contribution >= 4 is 11.3 Å². The predicted molar refractivity (Wildman–Crippen MR) is 44.1 cm³/mol. The minimum atomic E-state index is 0.0648. The average Bonchev–Trinajstić information content (AvgIpc) is 2.39. The molecule has 0 radical (unpaired) electrons. The maximum atomic E-state index is 8.55. The standard InChI is InChI=1S/C5H7NOS.C2H6/c1-4-5(2-7)6-3-8-4;1-2/h3,7H,2H2,1H3;1-2H3. The lowest BCUT2D eigenvalue weighted by molar-refractivity contribution is 0.277. The Balaban J connectivity index is 0.000000371. The van der Waals surface area contributed by atoms with E-state index in [2.05, 4.69) is 4.98 Å². The minimum Gasteiger partial charge on any atom is -0.390 e. The summed E-state index contributed by atoms with van der Waals surface area (Å²) in [6.07, 6.45) is 0. The van der Waals surface area contributed by atoms with Crippen LogP contribution in [-0.2, 0) is 6.61 Å². The van der Waals surface area contributed by atoms with Crippen LogP contribution in [0, 0.1) is 6.92 Å². The zero-order valence-electron chi connectivity index (χ0n) is 6.59. The quantitative estimate of drug-likeness (QED) is 0.679. The number of thiazole rings is 1. The highest BCUT2D eigenvalue weighted by Gasteiger charge is 1.95. The summed E-state index contributed by atoms with van der Waals surface area (Å²) in [4.78, 5) is 5.01. The van der Waals surface area contributed by atoms with E-state index in [0.717, 1.165) is 10.6 Å². The fourth-order valence-corrected chi connectivity index (χ4v) is 1.07. The lowest BCUT2D eigenvalue weighted by atomic mass is 10.4. The van der Waals surface area contributed by atoms with Crippen molar-refractivity contribution in [1.29, 1.82) is 0 Å². The molecule has 1 heterocycles. The Labute approximate surface area is 65.6 Å². The molecule has 1 aromatic rings. The van der Waals surface area contributed by atoms with E-state index in [9.17, 15) is 0 Å². The van der Waals surface area contributed by atoms with Crippen molar-refractivity contribution in [2.24, 2.45) is 0 Å². The summed E-state index contributed by atoms with van der Waals surface area (Å²) in [6, 6.07) is 0. The largest absolute Gasteiger partial charge is 0.390 e. The second-order valence-electron chi connectivity index (χ2n) is 1.51. The van der Waals surface area contributed by atoms with Crippen LogP contribution in [0.5, 0.6) is 0 Å². The van der Waals surface area contributed by atoms with Crippen molar-refractivity contribution in [3.8, 4) is 0 Å². The van der Waals surface area contributed by atoms with Gasteiger partial charge >= 0.3 is 0 Å². The molecular formula is C7H13NOS. The number of aliphatic hydroxyl groups is 1. The van der Waals surface area contributed by atoms with Gasteiger partial charge in [-0.1, -0.05) is 13.8 Å². The smallest absolute Gasteiger partial charge is 0.0864 e. The molecule has 0 unspecified atom stereocenters. The topological polar surface area (TPSA) is 33.1 Å². The van der Waals surface area contributed by atoms with Gasteiger partial charge < -0.3 is 5.11 Å². The van der Waals surface area contributed by atoms with Gasteiger partial charge in [-0.15, -0.1) is 11.3 Å². The van der Waals surface area contributed by atoms with Crippen LogP contribution in [0.15, 0.2) is 5.51 Å². The molecule has 0 aliphatic rings. The highest BCUT2D eigenvalue weighted by atomic mass is 32.1. The third kappa shape index (κ3) is 2.45. The van der Waals surface area contributed by atoms with E-state index in [1.807, 2.05) is 20.8 Å². The van der Waals surface area contributed by atoms with Crippen LogP contribution in [-0.4, -0.2) is 10.1 Å². The summed E-state index contributed by atoms with van der Waals surface area (Å²) in [5.74, 6) is 0. The van der Waals surface area contributed by atoms with Gasteiger partial charge in [0.15, 0.2) is 0 Å². The molecule has 0 spiro atoms. The normalized spacial score (nSPS) is 8.40. The summed E-state index contributed by atoms with van der Waals surface area (Å²) in [5.41, 5.74) is 2.54. The monoisotopic (exact) mass is 159 g/mol. The van der Waals surface area contributed by atoms with Gasteiger partial charge in [0.05, 0.1) is 17.8 Å². The van der Waals surface area contributed by atoms with E-state index in [1.165, 1.54) is 0 Å². The van der Waals surface area contributed by atoms with Gasteiger partial charge in [0.2, 0.25) is 0 Å². The van der Waals surface area contributed by atoms with Gasteiger partial charge in [-0.2, -0.15) is 0 Å². The Kier molecular flexibility index (Phi) is 5.16. The minimum absolute atomic E-state index is 0.0648. The molecule has 0 fully saturated rings. The first kappa shape index (κ1) is 9.59. The molecule has 0 amide bonds. The van der Waals surface area contributed by atoms with Crippen molar-refractivity contribution < 1.29 is 5.11 Å². The molecule has 0 aromatic carbocycles. The third-order valence-electron chi connectivity index (χ3n) is 0.994. The molecule has 0 aliphatic heterocycles. The first-order valence-corrected chi connectivity index (χ1v) is 4.22. The Morgan fingerprint density at radius 3 is 2.40 bits per heavy atom. The van der Waals surface area contributed by atoms with Gasteiger partial charge in [-0.3, -0.25) is 0 Å². The SMILES string of the molecule is CC.Cc1scnc1CO. The van der Waals surface area contributed by atoms with Crippen molar-refractivity contribution in [3.63, 3.8) is 0 Å². The number of aryl methyl sites for hydroxylation is 1. The first-order chi connectivity index (χ1) is 4.84. The van der Waals surface area contributed by atoms with E-state index in [1.54, 1.807) is 16.8 Å². The Morgan fingerprint density at radius 1 is 1.60 bits per heavy atom. The summed E-state index contributed by atoms with van der Waals surface area (Å²) in [7, 11) is 0. The maximum Gasteiger partial charge on any atom is 0.0864 e. The predicted octanol–water partition coefficient (Wildman–Crippen LogP) is 1.97. The molecule has 0 aliphatic carbocycles. The second kappa shape index (κ2) is 5.38. The average molecular weight is 159 g/mol. The van der Waals surface area contributed by atoms with Crippen LogP contribution in [0.4, 0.5) is 0 Å². The van der Waals surface area contributed by atoms with E-state index >= 15 is 0 Å². The molecule has 10 heavy (non-hydrogen) atoms. The Morgan fingerprint density at radius 2 is 2.20 bits per heavy atom. The Hall–Kier alpha value is -0.410. The highest BCUT2D eigenvalue weighted by molar-refractivity contribution is 7.09. The fraction of sp³-hybridized carbons (Fsp3) is 0.571. The van der Waals surface area contributed by atoms with Crippen LogP contribution in [0.3, 0.4) is 0 Å². The number of hydrogen-bond donors (Lipinski definition) is 1. The molecule has 2 nitrogen and oxygen atoms in total. The van der Waals surface area contributed by atoms with Crippen molar-refractivity contribution in [1.82, 2.24) is 4.98 Å². The summed E-state index contributed by atoms with van der Waals surface area (Å²) < 4.78 is 0. The molecule has 0 saturated heterocycles. The zero-order valence-corrected chi connectivity index (χ0v) is 7.40. The van der Waals surface area contributed by atoms with E-state index < -0.39 is 0 Å². The fourth-order valence-electron chi connectivity index (χ4n) is 0.480. The summed E-state index contributed by atoms with van der Waals surface area (Å²) in [5, 5.41) is 8.55. The summed E-state index contributed by atoms with van der Waals surface area (Å²) in [6.45, 7) is 6.01. The zero-order chi connectivity index (χ0) is 7.98. The van der Waals surface area contributed by atoms with Gasteiger partial charge in [-0.25, -0.2) is 4.98 Å². The number of aliphatic hydroxyl groups excluding tert-OH is 1. The number of nitrogens with zero attached hydrogens (tertiary/aromatic N) is 1. The van der Waals surface area contributed by atoms with E-state index in [-0.39, 0.29) is 6.61 Å². The van der Waals surface area contributed by atoms with Gasteiger partial charge in [0.25, 0.3) is 0 Å². The van der Waals surface area contributed by atoms with Crippen LogP contribution in [0.2, 0.25) is 0 Å². The van der Waals surface area contributed by atoms with Crippen LogP contribution < -0.4 is 0 Å². The molecule has 0 saturated carbocycles. The number of rotatable bonds is 1. The molecule has 1 aromatic heterocycles. The summed E-state index contributed by atoms with van der Waals surface area (Å²) >= 11 is 1.56. The molecule has 1 rings (SSSR count). The first-order valence-electron chi connectivity index (χ1n) is 3.34. The van der Waals surface area contributed by atoms with E-state index in [4.69, 9.17) is 5.11 Å². The van der Waals surface area contributed by atoms with E-state index in [0.29, 0.717) is 0 Å². The lowest BCUT2D eigenvalue weighted by Gasteiger charge is -1.85. The number of hydrogen-bond acceptors (Lipinski definition) is 3. The Bertz CT molecular complexity index is 174. The van der Waals surface area contributed by atoms with Gasteiger partial charge in [0.1, 0.15) is 0 Å². The van der Waals surface area contributed by atoms with Crippen LogP contribution in [0.25, 0.3) is 0 Å². The molecule has 0 atom stereocenters.